The van der Waals surface area contributed by atoms with Gasteiger partial charge < -0.3 is 28.3 Å². The van der Waals surface area contributed by atoms with Crippen LogP contribution in [0.5, 0.6) is 0 Å². The molecule has 0 aliphatic heterocycles. The van der Waals surface area contributed by atoms with Crippen LogP contribution < -0.4 is 4.89 Å². The Labute approximate surface area is 240 Å². The van der Waals surface area contributed by atoms with Crippen molar-refractivity contribution in [2.45, 2.75) is 141 Å². The van der Waals surface area contributed by atoms with Crippen LogP contribution >= 0.6 is 7.82 Å². The quantitative estimate of drug-likeness (QED) is 0.0444. The minimum Gasteiger partial charge on any atom is -0.756 e. The number of carbonyl (C=O) groups excluding carboxylic acids is 1. The lowest BCUT2D eigenvalue weighted by Gasteiger charge is -2.28. The molecule has 39 heavy (non-hydrogen) atoms. The maximum absolute atomic E-state index is 12.0. The topological polar surface area (TPSA) is 105 Å². The second kappa shape index (κ2) is 25.2. The van der Waals surface area contributed by atoms with Gasteiger partial charge in [0.1, 0.15) is 19.3 Å². The molecule has 0 bridgehead atoms. The number of rotatable bonds is 29. The van der Waals surface area contributed by atoms with Crippen LogP contribution in [-0.2, 0) is 23.1 Å². The van der Waals surface area contributed by atoms with Crippen LogP contribution in [0.4, 0.5) is 0 Å². The van der Waals surface area contributed by atoms with Crippen molar-refractivity contribution in [3.63, 3.8) is 0 Å². The fraction of sp³-hybridized carbons (Fsp3) is 0.967. The zero-order chi connectivity index (χ0) is 29.2. The molecular formula is C30H62NO7P. The van der Waals surface area contributed by atoms with Crippen LogP contribution in [0.25, 0.3) is 0 Å². The molecule has 0 amide bonds. The predicted octanol–water partition coefficient (Wildman–Crippen LogP) is 6.92. The first-order valence-corrected chi connectivity index (χ1v) is 17.3. The molecule has 0 aromatic rings. The fourth-order valence-electron chi connectivity index (χ4n) is 4.35. The number of hydrogen-bond acceptors (Lipinski definition) is 7. The number of hydrogen-bond donors (Lipinski definition) is 1. The van der Waals surface area contributed by atoms with Gasteiger partial charge in [-0.05, 0) is 6.42 Å². The Kier molecular flexibility index (Phi) is 24.9. The van der Waals surface area contributed by atoms with E-state index in [1.807, 2.05) is 21.1 Å². The summed E-state index contributed by atoms with van der Waals surface area (Å²) in [7, 11) is 1.25. The number of unbranched alkanes of at least 4 members (excludes halogenated alkanes) is 18. The van der Waals surface area contributed by atoms with Gasteiger partial charge in [-0.3, -0.25) is 9.36 Å². The van der Waals surface area contributed by atoms with Crippen molar-refractivity contribution < 1.29 is 37.6 Å². The number of nitrogens with zero attached hydrogens (tertiary/aromatic N) is 1. The Bertz CT molecular complexity index is 613. The molecule has 0 aliphatic rings. The summed E-state index contributed by atoms with van der Waals surface area (Å²) in [5, 5.41) is 9.40. The number of quaternary nitrogens is 1. The molecule has 234 valence electrons. The second-order valence-electron chi connectivity index (χ2n) is 12.0. The molecule has 0 radical (unpaired) electrons. The first kappa shape index (κ1) is 38.5. The average molecular weight is 580 g/mol. The number of phosphoric ester groups is 1. The number of aliphatic hydroxyl groups excluding tert-OH is 1. The number of ether oxygens (including phenoxy) is 1. The van der Waals surface area contributed by atoms with Gasteiger partial charge in [-0.15, -0.1) is 0 Å². The SMILES string of the molecule is CCCCCCCCCCCCCCCCCCCCCC(=O)O[C@H](CO)COP(=O)([O-])OCC[N+](C)(C)C. The third-order valence-electron chi connectivity index (χ3n) is 6.92. The molecule has 0 rings (SSSR count). The summed E-state index contributed by atoms with van der Waals surface area (Å²) in [5.41, 5.74) is 0. The van der Waals surface area contributed by atoms with E-state index in [2.05, 4.69) is 6.92 Å². The van der Waals surface area contributed by atoms with E-state index in [1.165, 1.54) is 103 Å². The first-order valence-electron chi connectivity index (χ1n) is 15.8. The highest BCUT2D eigenvalue weighted by Gasteiger charge is 2.19. The van der Waals surface area contributed by atoms with E-state index in [-0.39, 0.29) is 13.0 Å². The largest absolute Gasteiger partial charge is 0.756 e. The molecule has 0 aromatic carbocycles. The van der Waals surface area contributed by atoms with Gasteiger partial charge in [-0.2, -0.15) is 0 Å². The smallest absolute Gasteiger partial charge is 0.306 e. The maximum atomic E-state index is 12.0. The number of likely N-dealkylation sites (N-methyl/N-ethyl adjacent to an activating group) is 1. The van der Waals surface area contributed by atoms with Crippen molar-refractivity contribution in [1.82, 2.24) is 0 Å². The summed E-state index contributed by atoms with van der Waals surface area (Å²) in [6.07, 6.45) is 23.8. The number of aliphatic hydroxyl groups is 1. The lowest BCUT2D eigenvalue weighted by atomic mass is 10.0. The van der Waals surface area contributed by atoms with E-state index in [9.17, 15) is 19.4 Å². The van der Waals surface area contributed by atoms with E-state index in [0.717, 1.165) is 19.3 Å². The molecule has 0 aromatic heterocycles. The van der Waals surface area contributed by atoms with Crippen LogP contribution in [0.3, 0.4) is 0 Å². The first-order chi connectivity index (χ1) is 18.6. The van der Waals surface area contributed by atoms with E-state index in [1.54, 1.807) is 0 Å². The maximum Gasteiger partial charge on any atom is 0.306 e. The molecule has 0 heterocycles. The van der Waals surface area contributed by atoms with Crippen LogP contribution in [0.2, 0.25) is 0 Å². The molecule has 0 saturated carbocycles. The molecule has 2 atom stereocenters. The third-order valence-corrected chi connectivity index (χ3v) is 7.88. The van der Waals surface area contributed by atoms with E-state index >= 15 is 0 Å². The molecule has 0 fully saturated rings. The summed E-state index contributed by atoms with van der Waals surface area (Å²) in [5.74, 6) is -0.448. The molecule has 0 aliphatic carbocycles. The van der Waals surface area contributed by atoms with Crippen molar-refractivity contribution >= 4 is 13.8 Å². The van der Waals surface area contributed by atoms with Crippen molar-refractivity contribution in [3.8, 4) is 0 Å². The Balaban J connectivity index is 3.57. The van der Waals surface area contributed by atoms with Gasteiger partial charge in [-0.1, -0.05) is 122 Å². The number of carbonyl (C=O) groups is 1. The van der Waals surface area contributed by atoms with Crippen molar-refractivity contribution in [1.29, 1.82) is 0 Å². The second-order valence-corrected chi connectivity index (χ2v) is 13.4. The van der Waals surface area contributed by atoms with Gasteiger partial charge in [0, 0.05) is 6.42 Å². The van der Waals surface area contributed by atoms with Crippen molar-refractivity contribution in [3.05, 3.63) is 0 Å². The summed E-state index contributed by atoms with van der Waals surface area (Å²) in [4.78, 5) is 23.9. The monoisotopic (exact) mass is 579 g/mol. The summed E-state index contributed by atoms with van der Waals surface area (Å²) >= 11 is 0. The standard InChI is InChI=1S/C30H62NO7P/c1-5-6-7-8-9-10-11-12-13-14-15-16-17-18-19-20-21-22-23-24-30(33)38-29(27-32)28-37-39(34,35)36-26-25-31(2,3)4/h29,32H,5-28H2,1-4H3/t29-/m1/s1. The highest BCUT2D eigenvalue weighted by molar-refractivity contribution is 7.45. The lowest BCUT2D eigenvalue weighted by Crippen LogP contribution is -2.37. The van der Waals surface area contributed by atoms with Crippen molar-refractivity contribution in [2.24, 2.45) is 0 Å². The Hall–Kier alpha value is -0.500. The normalized spacial score (nSPS) is 14.3. The average Bonchev–Trinajstić information content (AvgIpc) is 2.87. The third kappa shape index (κ3) is 28.8. The zero-order valence-corrected chi connectivity index (χ0v) is 26.7. The van der Waals surface area contributed by atoms with Crippen LogP contribution in [0.1, 0.15) is 135 Å². The Morgan fingerprint density at radius 3 is 1.54 bits per heavy atom. The van der Waals surface area contributed by atoms with Crippen LogP contribution in [0, 0.1) is 0 Å². The molecule has 9 heteroatoms. The molecule has 8 nitrogen and oxygen atoms in total. The molecule has 0 spiro atoms. The fourth-order valence-corrected chi connectivity index (χ4v) is 5.08. The molecule has 1 unspecified atom stereocenters. The van der Waals surface area contributed by atoms with Crippen molar-refractivity contribution in [2.75, 3.05) is 47.5 Å². The molecular weight excluding hydrogens is 517 g/mol. The minimum absolute atomic E-state index is 0.00669. The Morgan fingerprint density at radius 2 is 1.15 bits per heavy atom. The summed E-state index contributed by atoms with van der Waals surface area (Å²) in [6, 6.07) is 0. The number of phosphoric acid groups is 1. The van der Waals surface area contributed by atoms with Crippen LogP contribution in [0.15, 0.2) is 0 Å². The summed E-state index contributed by atoms with van der Waals surface area (Å²) in [6.45, 7) is 1.80. The van der Waals surface area contributed by atoms with Gasteiger partial charge in [0.05, 0.1) is 34.4 Å². The van der Waals surface area contributed by atoms with Gasteiger partial charge in [-0.25, -0.2) is 0 Å². The van der Waals surface area contributed by atoms with Crippen LogP contribution in [-0.4, -0.2) is 69.2 Å². The predicted molar refractivity (Wildman–Crippen MR) is 157 cm³/mol. The Morgan fingerprint density at radius 1 is 0.744 bits per heavy atom. The van der Waals surface area contributed by atoms with E-state index < -0.39 is 33.1 Å². The molecule has 1 N–H and O–H groups in total. The van der Waals surface area contributed by atoms with E-state index in [4.69, 9.17) is 13.8 Å². The summed E-state index contributed by atoms with van der Waals surface area (Å²) < 4.78 is 27.1. The minimum atomic E-state index is -4.51. The van der Waals surface area contributed by atoms with E-state index in [0.29, 0.717) is 11.0 Å². The van der Waals surface area contributed by atoms with Gasteiger partial charge in [0.15, 0.2) is 0 Å². The zero-order valence-electron chi connectivity index (χ0n) is 25.8. The van der Waals surface area contributed by atoms with Gasteiger partial charge >= 0.3 is 5.97 Å². The lowest BCUT2D eigenvalue weighted by molar-refractivity contribution is -0.870. The highest BCUT2D eigenvalue weighted by Crippen LogP contribution is 2.38. The van der Waals surface area contributed by atoms with Gasteiger partial charge in [0.25, 0.3) is 7.82 Å². The number of esters is 1. The molecule has 0 saturated heterocycles. The highest BCUT2D eigenvalue weighted by atomic mass is 31.2. The van der Waals surface area contributed by atoms with Gasteiger partial charge in [0.2, 0.25) is 0 Å².